The number of azo groups is 1. The topological polar surface area (TPSA) is 68.8 Å². The van der Waals surface area contributed by atoms with Crippen molar-refractivity contribution in [1.29, 1.82) is 0 Å². The summed E-state index contributed by atoms with van der Waals surface area (Å²) in [5, 5.41) is 12.3. The second kappa shape index (κ2) is 8.36. The van der Waals surface area contributed by atoms with Crippen LogP contribution < -0.4 is 0 Å². The number of aryl methyl sites for hydroxylation is 1. The van der Waals surface area contributed by atoms with Crippen molar-refractivity contribution in [1.82, 2.24) is 9.55 Å². The normalized spacial score (nSPS) is 11.4. The fourth-order valence-electron chi connectivity index (χ4n) is 3.28. The summed E-state index contributed by atoms with van der Waals surface area (Å²) in [4.78, 5) is 16.0. The largest absolute Gasteiger partial charge is 0.466 e. The van der Waals surface area contributed by atoms with Crippen LogP contribution in [0.3, 0.4) is 0 Å². The van der Waals surface area contributed by atoms with Gasteiger partial charge in [0.25, 0.3) is 0 Å². The monoisotopic (exact) mass is 404 g/mol. The molecule has 0 N–H and O–H groups in total. The van der Waals surface area contributed by atoms with Gasteiger partial charge < -0.3 is 9.30 Å². The molecule has 4 rings (SSSR count). The lowest BCUT2D eigenvalue weighted by atomic mass is 10.1. The van der Waals surface area contributed by atoms with Crippen LogP contribution in [0.1, 0.15) is 12.6 Å². The fourth-order valence-corrected chi connectivity index (χ4v) is 3.91. The molecule has 0 aliphatic rings. The van der Waals surface area contributed by atoms with Crippen molar-refractivity contribution in [2.75, 3.05) is 6.61 Å². The van der Waals surface area contributed by atoms with Crippen LogP contribution in [0.25, 0.3) is 22.2 Å². The van der Waals surface area contributed by atoms with Gasteiger partial charge in [0.2, 0.25) is 5.13 Å². The molecule has 0 atom stereocenters. The minimum absolute atomic E-state index is 0.142. The molecule has 4 aromatic rings. The Morgan fingerprint density at radius 2 is 1.86 bits per heavy atom. The smallest absolute Gasteiger partial charge is 0.311 e. The highest BCUT2D eigenvalue weighted by Gasteiger charge is 2.16. The van der Waals surface area contributed by atoms with Crippen LogP contribution in [-0.2, 0) is 23.0 Å². The van der Waals surface area contributed by atoms with Gasteiger partial charge in [-0.2, -0.15) is 0 Å². The number of hydrogen-bond donors (Lipinski definition) is 0. The maximum Gasteiger partial charge on any atom is 0.311 e. The van der Waals surface area contributed by atoms with Gasteiger partial charge in [0.05, 0.1) is 29.9 Å². The Balaban J connectivity index is 1.71. The molecule has 0 aliphatic carbocycles. The van der Waals surface area contributed by atoms with Crippen LogP contribution in [0.15, 0.2) is 70.2 Å². The van der Waals surface area contributed by atoms with Gasteiger partial charge in [-0.05, 0) is 13.0 Å². The van der Waals surface area contributed by atoms with E-state index in [4.69, 9.17) is 4.74 Å². The van der Waals surface area contributed by atoms with Crippen molar-refractivity contribution < 1.29 is 9.53 Å². The average Bonchev–Trinajstić information content (AvgIpc) is 3.29. The number of fused-ring (bicyclic) bond motifs is 1. The first-order valence-corrected chi connectivity index (χ1v) is 10.2. The van der Waals surface area contributed by atoms with Gasteiger partial charge in [0, 0.05) is 23.4 Å². The van der Waals surface area contributed by atoms with E-state index in [0.717, 1.165) is 27.8 Å². The third-order valence-electron chi connectivity index (χ3n) is 4.53. The van der Waals surface area contributed by atoms with E-state index < -0.39 is 0 Å². The first-order valence-electron chi connectivity index (χ1n) is 9.32. The number of nitrogens with zero attached hydrogens (tertiary/aromatic N) is 4. The molecule has 0 saturated heterocycles. The third kappa shape index (κ3) is 3.95. The number of ether oxygens (including phenoxy) is 1. The van der Waals surface area contributed by atoms with Gasteiger partial charge in [-0.3, -0.25) is 4.79 Å². The minimum Gasteiger partial charge on any atom is -0.466 e. The summed E-state index contributed by atoms with van der Waals surface area (Å²) < 4.78 is 7.10. The van der Waals surface area contributed by atoms with Crippen molar-refractivity contribution in [2.24, 2.45) is 17.3 Å². The number of rotatable bonds is 6. The number of carbonyl (C=O) groups is 1. The first-order chi connectivity index (χ1) is 14.2. The van der Waals surface area contributed by atoms with Crippen molar-refractivity contribution in [2.45, 2.75) is 13.3 Å². The Hall–Kier alpha value is -3.32. The molecule has 0 bridgehead atoms. The van der Waals surface area contributed by atoms with Gasteiger partial charge in [0.15, 0.2) is 0 Å². The number of benzene rings is 2. The molecule has 0 unspecified atom stereocenters. The zero-order valence-corrected chi connectivity index (χ0v) is 17.0. The molecule has 29 heavy (non-hydrogen) atoms. The highest BCUT2D eigenvalue weighted by molar-refractivity contribution is 7.13. The van der Waals surface area contributed by atoms with E-state index in [2.05, 4.69) is 38.0 Å². The minimum atomic E-state index is -0.290. The number of hydrogen-bond acceptors (Lipinski definition) is 6. The summed E-state index contributed by atoms with van der Waals surface area (Å²) in [6, 6.07) is 18.3. The summed E-state index contributed by atoms with van der Waals surface area (Å²) >= 11 is 1.36. The van der Waals surface area contributed by atoms with Gasteiger partial charge in [0.1, 0.15) is 5.69 Å². The van der Waals surface area contributed by atoms with Crippen molar-refractivity contribution >= 4 is 39.0 Å². The molecule has 0 aliphatic heterocycles. The maximum absolute atomic E-state index is 11.6. The van der Waals surface area contributed by atoms with E-state index in [0.29, 0.717) is 17.4 Å². The Labute approximate surface area is 172 Å². The van der Waals surface area contributed by atoms with E-state index in [-0.39, 0.29) is 12.4 Å². The van der Waals surface area contributed by atoms with Crippen molar-refractivity contribution in [3.63, 3.8) is 0 Å². The summed E-state index contributed by atoms with van der Waals surface area (Å²) in [6.07, 6.45) is 0.142. The lowest BCUT2D eigenvalue weighted by Crippen LogP contribution is -2.07. The Morgan fingerprint density at radius 3 is 2.66 bits per heavy atom. The molecular weight excluding hydrogens is 384 g/mol. The summed E-state index contributed by atoms with van der Waals surface area (Å²) in [5.41, 5.74) is 4.60. The Kier molecular flexibility index (Phi) is 5.48. The molecule has 6 nitrogen and oxygen atoms in total. The van der Waals surface area contributed by atoms with Crippen LogP contribution in [0.4, 0.5) is 10.8 Å². The number of carbonyl (C=O) groups excluding carboxylic acids is 1. The molecule has 0 radical (unpaired) electrons. The predicted octanol–water partition coefficient (Wildman–Crippen LogP) is 5.82. The Morgan fingerprint density at radius 1 is 1.10 bits per heavy atom. The zero-order chi connectivity index (χ0) is 20.2. The molecule has 0 amide bonds. The van der Waals surface area contributed by atoms with Crippen molar-refractivity contribution in [3.8, 4) is 11.3 Å². The molecule has 0 spiro atoms. The second-order valence-corrected chi connectivity index (χ2v) is 7.28. The van der Waals surface area contributed by atoms with Crippen LogP contribution in [0, 0.1) is 0 Å². The zero-order valence-electron chi connectivity index (χ0n) is 16.2. The second-order valence-electron chi connectivity index (χ2n) is 6.44. The standard InChI is InChI=1S/C22H20N4O2S/c1-3-28-19(27)13-16-14-29-22(23-16)25-24-20-17-11-7-8-12-18(17)26(2)21(20)15-9-5-4-6-10-15/h4-12,14H,3,13H2,1-2H3. The first kappa shape index (κ1) is 19.0. The highest BCUT2D eigenvalue weighted by atomic mass is 32.1. The van der Waals surface area contributed by atoms with Crippen LogP contribution in [0.5, 0.6) is 0 Å². The van der Waals surface area contributed by atoms with Gasteiger partial charge in [-0.15, -0.1) is 21.6 Å². The number of para-hydroxylation sites is 1. The third-order valence-corrected chi connectivity index (χ3v) is 5.31. The van der Waals surface area contributed by atoms with E-state index >= 15 is 0 Å². The molecule has 7 heteroatoms. The summed E-state index contributed by atoms with van der Waals surface area (Å²) in [5.74, 6) is -0.290. The van der Waals surface area contributed by atoms with Crippen LogP contribution >= 0.6 is 11.3 Å². The van der Waals surface area contributed by atoms with Gasteiger partial charge >= 0.3 is 5.97 Å². The average molecular weight is 404 g/mol. The Bertz CT molecular complexity index is 1180. The molecular formula is C22H20N4O2S. The van der Waals surface area contributed by atoms with E-state index in [1.165, 1.54) is 11.3 Å². The molecule has 2 aromatic heterocycles. The van der Waals surface area contributed by atoms with Crippen molar-refractivity contribution in [3.05, 3.63) is 65.7 Å². The lowest BCUT2D eigenvalue weighted by molar-refractivity contribution is -0.142. The summed E-state index contributed by atoms with van der Waals surface area (Å²) in [7, 11) is 2.03. The lowest BCUT2D eigenvalue weighted by Gasteiger charge is -2.05. The fraction of sp³-hybridized carbons (Fsp3) is 0.182. The molecule has 2 heterocycles. The van der Waals surface area contributed by atoms with E-state index in [9.17, 15) is 4.79 Å². The highest BCUT2D eigenvalue weighted by Crippen LogP contribution is 2.40. The molecule has 146 valence electrons. The van der Waals surface area contributed by atoms with Gasteiger partial charge in [-0.25, -0.2) is 4.98 Å². The van der Waals surface area contributed by atoms with E-state index in [1.807, 2.05) is 48.8 Å². The van der Waals surface area contributed by atoms with Crippen LogP contribution in [0.2, 0.25) is 0 Å². The molecule has 0 saturated carbocycles. The van der Waals surface area contributed by atoms with Crippen LogP contribution in [-0.4, -0.2) is 22.1 Å². The molecule has 2 aromatic carbocycles. The number of thiazole rings is 1. The van der Waals surface area contributed by atoms with Gasteiger partial charge in [-0.1, -0.05) is 48.5 Å². The quantitative estimate of drug-likeness (QED) is 0.300. The molecule has 0 fully saturated rings. The predicted molar refractivity (Wildman–Crippen MR) is 115 cm³/mol. The number of aromatic nitrogens is 2. The summed E-state index contributed by atoms with van der Waals surface area (Å²) in [6.45, 7) is 2.14. The maximum atomic E-state index is 11.6. The number of esters is 1. The SMILES string of the molecule is CCOC(=O)Cc1csc(N=Nc2c(-c3ccccc3)n(C)c3ccccc23)n1. The van der Waals surface area contributed by atoms with E-state index in [1.54, 1.807) is 6.92 Å².